The SMILES string of the molecule is CC[C@]1(C)CN(C(=O)NC[C@@H]2CCCS2)CCO1. The molecule has 104 valence electrons. The van der Waals surface area contributed by atoms with Crippen LogP contribution in [0.15, 0.2) is 0 Å². The van der Waals surface area contributed by atoms with Gasteiger partial charge in [-0.1, -0.05) is 6.92 Å². The highest BCUT2D eigenvalue weighted by atomic mass is 32.2. The number of amides is 2. The van der Waals surface area contributed by atoms with E-state index in [0.717, 1.165) is 13.0 Å². The standard InChI is InChI=1S/C13H24N2O2S/c1-3-13(2)10-15(6-7-17-13)12(16)14-9-11-5-4-8-18-11/h11H,3-10H2,1-2H3,(H,14,16)/t11-,13+/m0/s1. The van der Waals surface area contributed by atoms with Gasteiger partial charge < -0.3 is 15.0 Å². The molecule has 0 aliphatic carbocycles. The zero-order valence-corrected chi connectivity index (χ0v) is 12.2. The molecule has 2 saturated heterocycles. The third-order valence-corrected chi connectivity index (χ3v) is 5.28. The van der Waals surface area contributed by atoms with Crippen LogP contribution in [0.1, 0.15) is 33.1 Å². The van der Waals surface area contributed by atoms with E-state index in [1.807, 2.05) is 16.7 Å². The molecular weight excluding hydrogens is 248 g/mol. The van der Waals surface area contributed by atoms with Crippen molar-refractivity contribution in [1.82, 2.24) is 10.2 Å². The minimum Gasteiger partial charge on any atom is -0.372 e. The minimum absolute atomic E-state index is 0.0745. The van der Waals surface area contributed by atoms with Crippen molar-refractivity contribution < 1.29 is 9.53 Å². The first kappa shape index (κ1) is 14.0. The second-order valence-corrected chi connectivity index (χ2v) is 6.80. The number of nitrogens with zero attached hydrogens (tertiary/aromatic N) is 1. The molecule has 0 saturated carbocycles. The summed E-state index contributed by atoms with van der Waals surface area (Å²) in [5.41, 5.74) is -0.169. The van der Waals surface area contributed by atoms with E-state index in [2.05, 4.69) is 19.2 Å². The number of hydrogen-bond acceptors (Lipinski definition) is 3. The lowest BCUT2D eigenvalue weighted by atomic mass is 10.0. The predicted octanol–water partition coefficient (Wildman–Crippen LogP) is 2.09. The molecule has 0 radical (unpaired) electrons. The fraction of sp³-hybridized carbons (Fsp3) is 0.923. The first-order valence-corrected chi connectivity index (χ1v) is 7.96. The lowest BCUT2D eigenvalue weighted by Gasteiger charge is -2.40. The molecule has 0 aromatic heterocycles. The Morgan fingerprint density at radius 1 is 1.61 bits per heavy atom. The molecule has 1 N–H and O–H groups in total. The van der Waals surface area contributed by atoms with Gasteiger partial charge in [0.15, 0.2) is 0 Å². The molecule has 0 aromatic carbocycles. The molecule has 2 fully saturated rings. The van der Waals surface area contributed by atoms with Crippen molar-refractivity contribution >= 4 is 17.8 Å². The number of rotatable bonds is 3. The van der Waals surface area contributed by atoms with Crippen LogP contribution in [-0.4, -0.2) is 53.8 Å². The Hall–Kier alpha value is -0.420. The number of morpholine rings is 1. The zero-order valence-electron chi connectivity index (χ0n) is 11.4. The molecule has 0 spiro atoms. The summed E-state index contributed by atoms with van der Waals surface area (Å²) in [5, 5.41) is 3.68. The van der Waals surface area contributed by atoms with Crippen molar-refractivity contribution in [3.8, 4) is 0 Å². The molecule has 2 rings (SSSR count). The van der Waals surface area contributed by atoms with Crippen LogP contribution in [0.25, 0.3) is 0 Å². The van der Waals surface area contributed by atoms with E-state index in [9.17, 15) is 4.79 Å². The fourth-order valence-electron chi connectivity index (χ4n) is 2.44. The molecule has 0 aromatic rings. The van der Waals surface area contributed by atoms with Crippen molar-refractivity contribution in [2.45, 2.75) is 44.0 Å². The Labute approximate surface area is 114 Å². The maximum atomic E-state index is 12.1. The Kier molecular flexibility index (Phi) is 4.78. The van der Waals surface area contributed by atoms with Gasteiger partial charge in [-0.3, -0.25) is 0 Å². The topological polar surface area (TPSA) is 41.6 Å². The minimum atomic E-state index is -0.169. The average Bonchev–Trinajstić information content (AvgIpc) is 2.89. The normalized spacial score (nSPS) is 32.6. The van der Waals surface area contributed by atoms with Gasteiger partial charge in [-0.15, -0.1) is 0 Å². The van der Waals surface area contributed by atoms with Gasteiger partial charge in [0.05, 0.1) is 18.8 Å². The van der Waals surface area contributed by atoms with Gasteiger partial charge in [-0.25, -0.2) is 4.79 Å². The van der Waals surface area contributed by atoms with Crippen LogP contribution < -0.4 is 5.32 Å². The van der Waals surface area contributed by atoms with Gasteiger partial charge in [-0.2, -0.15) is 11.8 Å². The van der Waals surface area contributed by atoms with E-state index in [1.54, 1.807) is 0 Å². The fourth-order valence-corrected chi connectivity index (χ4v) is 3.64. The molecule has 5 heteroatoms. The van der Waals surface area contributed by atoms with E-state index in [-0.39, 0.29) is 11.6 Å². The van der Waals surface area contributed by atoms with Gasteiger partial charge in [0.25, 0.3) is 0 Å². The van der Waals surface area contributed by atoms with Crippen LogP contribution in [0.5, 0.6) is 0 Å². The van der Waals surface area contributed by atoms with E-state index in [1.165, 1.54) is 18.6 Å². The molecule has 2 aliphatic rings. The van der Waals surface area contributed by atoms with Gasteiger partial charge in [0.2, 0.25) is 0 Å². The Bertz CT molecular complexity index is 295. The van der Waals surface area contributed by atoms with Crippen LogP contribution in [0.3, 0.4) is 0 Å². The van der Waals surface area contributed by atoms with Gasteiger partial charge in [-0.05, 0) is 31.9 Å². The maximum Gasteiger partial charge on any atom is 0.317 e. The molecule has 0 unspecified atom stereocenters. The number of nitrogens with one attached hydrogen (secondary N) is 1. The van der Waals surface area contributed by atoms with Gasteiger partial charge in [0, 0.05) is 18.3 Å². The summed E-state index contributed by atoms with van der Waals surface area (Å²) in [7, 11) is 0. The summed E-state index contributed by atoms with van der Waals surface area (Å²) in [5.74, 6) is 1.24. The molecule has 0 bridgehead atoms. The third-order valence-electron chi connectivity index (χ3n) is 3.88. The first-order valence-electron chi connectivity index (χ1n) is 6.91. The molecule has 2 atom stereocenters. The summed E-state index contributed by atoms with van der Waals surface area (Å²) in [4.78, 5) is 14.0. The lowest BCUT2D eigenvalue weighted by Crippen LogP contribution is -2.55. The van der Waals surface area contributed by atoms with Gasteiger partial charge >= 0.3 is 6.03 Å². The molecule has 2 aliphatic heterocycles. The van der Waals surface area contributed by atoms with Crippen molar-refractivity contribution in [3.63, 3.8) is 0 Å². The van der Waals surface area contributed by atoms with Crippen LogP contribution in [0.2, 0.25) is 0 Å². The molecular formula is C13H24N2O2S. The molecule has 4 nitrogen and oxygen atoms in total. The molecule has 18 heavy (non-hydrogen) atoms. The Balaban J connectivity index is 1.77. The van der Waals surface area contributed by atoms with E-state index >= 15 is 0 Å². The van der Waals surface area contributed by atoms with E-state index in [0.29, 0.717) is 24.9 Å². The second kappa shape index (κ2) is 6.15. The van der Waals surface area contributed by atoms with Crippen molar-refractivity contribution in [1.29, 1.82) is 0 Å². The number of hydrogen-bond donors (Lipinski definition) is 1. The Morgan fingerprint density at radius 3 is 3.11 bits per heavy atom. The maximum absolute atomic E-state index is 12.1. The van der Waals surface area contributed by atoms with E-state index < -0.39 is 0 Å². The number of thioether (sulfide) groups is 1. The smallest absolute Gasteiger partial charge is 0.317 e. The number of carbonyl (C=O) groups excluding carboxylic acids is 1. The summed E-state index contributed by atoms with van der Waals surface area (Å²) in [6.45, 7) is 7.06. The monoisotopic (exact) mass is 272 g/mol. The summed E-state index contributed by atoms with van der Waals surface area (Å²) in [6, 6.07) is 0.0745. The molecule has 2 heterocycles. The van der Waals surface area contributed by atoms with Crippen LogP contribution in [0, 0.1) is 0 Å². The van der Waals surface area contributed by atoms with Crippen molar-refractivity contribution in [2.24, 2.45) is 0 Å². The van der Waals surface area contributed by atoms with Gasteiger partial charge in [0.1, 0.15) is 0 Å². The highest BCUT2D eigenvalue weighted by molar-refractivity contribution is 8.00. The van der Waals surface area contributed by atoms with Crippen molar-refractivity contribution in [3.05, 3.63) is 0 Å². The number of carbonyl (C=O) groups is 1. The largest absolute Gasteiger partial charge is 0.372 e. The van der Waals surface area contributed by atoms with Crippen LogP contribution >= 0.6 is 11.8 Å². The number of urea groups is 1. The predicted molar refractivity (Wildman–Crippen MR) is 75.1 cm³/mol. The quantitative estimate of drug-likeness (QED) is 0.855. The third kappa shape index (κ3) is 3.54. The zero-order chi connectivity index (χ0) is 13.0. The molecule has 2 amide bonds. The highest BCUT2D eigenvalue weighted by Crippen LogP contribution is 2.25. The summed E-state index contributed by atoms with van der Waals surface area (Å²) < 4.78 is 5.75. The highest BCUT2D eigenvalue weighted by Gasteiger charge is 2.32. The van der Waals surface area contributed by atoms with Crippen molar-refractivity contribution in [2.75, 3.05) is 32.0 Å². The number of ether oxygens (including phenoxy) is 1. The van der Waals surface area contributed by atoms with Crippen LogP contribution in [0.4, 0.5) is 4.79 Å². The van der Waals surface area contributed by atoms with E-state index in [4.69, 9.17) is 4.74 Å². The second-order valence-electron chi connectivity index (χ2n) is 5.39. The average molecular weight is 272 g/mol. The summed E-state index contributed by atoms with van der Waals surface area (Å²) >= 11 is 1.98. The Morgan fingerprint density at radius 2 is 2.44 bits per heavy atom. The first-order chi connectivity index (χ1) is 8.63. The summed E-state index contributed by atoms with van der Waals surface area (Å²) in [6.07, 6.45) is 3.46. The lowest BCUT2D eigenvalue weighted by molar-refractivity contribution is -0.0872. The van der Waals surface area contributed by atoms with Crippen LogP contribution in [-0.2, 0) is 4.74 Å².